The zero-order valence-electron chi connectivity index (χ0n) is 14.0. The lowest BCUT2D eigenvalue weighted by atomic mass is 9.80. The van der Waals surface area contributed by atoms with E-state index in [9.17, 15) is 9.18 Å². The smallest absolute Gasteiger partial charge is 0.229 e. The normalized spacial score (nSPS) is 24.1. The Bertz CT molecular complexity index is 906. The van der Waals surface area contributed by atoms with Crippen molar-refractivity contribution >= 4 is 17.7 Å². The van der Waals surface area contributed by atoms with Gasteiger partial charge in [0.05, 0.1) is 5.41 Å². The Morgan fingerprint density at radius 1 is 1.04 bits per heavy atom. The van der Waals surface area contributed by atoms with Crippen molar-refractivity contribution < 1.29 is 13.6 Å². The summed E-state index contributed by atoms with van der Waals surface area (Å²) in [5, 5.41) is 2.77. The molecule has 0 aromatic heterocycles. The molecule has 2 aliphatic heterocycles. The lowest BCUT2D eigenvalue weighted by Crippen LogP contribution is -2.69. The molecular formula is C20H18F2N2O. The second-order valence-corrected chi connectivity index (χ2v) is 7.17. The predicted molar refractivity (Wildman–Crippen MR) is 92.9 cm³/mol. The fourth-order valence-electron chi connectivity index (χ4n) is 3.63. The summed E-state index contributed by atoms with van der Waals surface area (Å²) in [4.78, 5) is 14.4. The number of rotatable bonds is 1. The molecule has 1 unspecified atom stereocenters. The minimum absolute atomic E-state index is 0.0992. The highest BCUT2D eigenvalue weighted by molar-refractivity contribution is 5.89. The van der Waals surface area contributed by atoms with Crippen molar-refractivity contribution in [1.82, 2.24) is 5.32 Å². The number of fused-ring (bicyclic) bond motifs is 3. The molecule has 2 aromatic carbocycles. The molecule has 2 aliphatic rings. The number of para-hydroxylation sites is 1. The van der Waals surface area contributed by atoms with Gasteiger partial charge in [0.1, 0.15) is 5.82 Å². The van der Waals surface area contributed by atoms with E-state index in [1.54, 1.807) is 30.9 Å². The zero-order valence-corrected chi connectivity index (χ0v) is 14.0. The van der Waals surface area contributed by atoms with Crippen LogP contribution in [0.5, 0.6) is 0 Å². The molecule has 0 spiro atoms. The maximum Gasteiger partial charge on any atom is 0.229 e. The van der Waals surface area contributed by atoms with Crippen molar-refractivity contribution in [2.24, 2.45) is 5.41 Å². The Hall–Kier alpha value is -2.69. The van der Waals surface area contributed by atoms with Crippen LogP contribution in [-0.2, 0) is 10.5 Å². The SMILES string of the molecule is CC1(C)CN2c3ccccc3C=C(F)C2(c2ccccc2F)NC1=O. The van der Waals surface area contributed by atoms with Crippen LogP contribution in [0, 0.1) is 11.2 Å². The van der Waals surface area contributed by atoms with Gasteiger partial charge in [0.15, 0.2) is 11.5 Å². The van der Waals surface area contributed by atoms with Gasteiger partial charge in [-0.15, -0.1) is 0 Å². The summed E-state index contributed by atoms with van der Waals surface area (Å²) < 4.78 is 30.0. The van der Waals surface area contributed by atoms with Crippen LogP contribution in [0.15, 0.2) is 54.4 Å². The molecule has 2 aromatic rings. The highest BCUT2D eigenvalue weighted by Crippen LogP contribution is 2.48. The summed E-state index contributed by atoms with van der Waals surface area (Å²) in [6, 6.07) is 13.3. The fraction of sp³-hybridized carbons (Fsp3) is 0.250. The summed E-state index contributed by atoms with van der Waals surface area (Å²) in [6.45, 7) is 3.87. The van der Waals surface area contributed by atoms with Crippen LogP contribution < -0.4 is 10.2 Å². The molecule has 2 heterocycles. The van der Waals surface area contributed by atoms with E-state index in [1.165, 1.54) is 18.2 Å². The average Bonchev–Trinajstić information content (AvgIpc) is 2.57. The quantitative estimate of drug-likeness (QED) is 0.852. The van der Waals surface area contributed by atoms with Crippen molar-refractivity contribution in [2.75, 3.05) is 11.4 Å². The van der Waals surface area contributed by atoms with Crippen LogP contribution in [0.25, 0.3) is 6.08 Å². The molecule has 0 radical (unpaired) electrons. The number of benzene rings is 2. The third kappa shape index (κ3) is 2.11. The number of carbonyl (C=O) groups excluding carboxylic acids is 1. The number of amides is 1. The lowest BCUT2D eigenvalue weighted by Gasteiger charge is -2.54. The first-order valence-electron chi connectivity index (χ1n) is 8.18. The van der Waals surface area contributed by atoms with Gasteiger partial charge < -0.3 is 10.2 Å². The van der Waals surface area contributed by atoms with Gasteiger partial charge in [-0.25, -0.2) is 8.78 Å². The van der Waals surface area contributed by atoms with E-state index in [-0.39, 0.29) is 18.0 Å². The third-order valence-corrected chi connectivity index (χ3v) is 4.99. The molecular weight excluding hydrogens is 322 g/mol. The number of halogens is 2. The first-order chi connectivity index (χ1) is 11.9. The highest BCUT2D eigenvalue weighted by Gasteiger charge is 2.55. The van der Waals surface area contributed by atoms with Crippen LogP contribution in [0.4, 0.5) is 14.5 Å². The van der Waals surface area contributed by atoms with E-state index in [0.29, 0.717) is 5.56 Å². The predicted octanol–water partition coefficient (Wildman–Crippen LogP) is 3.97. The van der Waals surface area contributed by atoms with Gasteiger partial charge in [0, 0.05) is 23.4 Å². The molecule has 1 amide bonds. The highest BCUT2D eigenvalue weighted by atomic mass is 19.1. The van der Waals surface area contributed by atoms with Crippen molar-refractivity contribution in [1.29, 1.82) is 0 Å². The maximum absolute atomic E-state index is 15.4. The molecule has 128 valence electrons. The van der Waals surface area contributed by atoms with Crippen molar-refractivity contribution in [3.05, 3.63) is 71.3 Å². The van der Waals surface area contributed by atoms with E-state index >= 15 is 4.39 Å². The lowest BCUT2D eigenvalue weighted by molar-refractivity contribution is -0.133. The first kappa shape index (κ1) is 15.8. The number of carbonyl (C=O) groups is 1. The second kappa shape index (κ2) is 5.15. The molecule has 0 saturated carbocycles. The fourth-order valence-corrected chi connectivity index (χ4v) is 3.63. The van der Waals surface area contributed by atoms with Crippen LogP contribution in [0.3, 0.4) is 0 Å². The number of anilines is 1. The molecule has 4 rings (SSSR count). The largest absolute Gasteiger partial charge is 0.338 e. The van der Waals surface area contributed by atoms with Gasteiger partial charge in [-0.2, -0.15) is 0 Å². The van der Waals surface area contributed by atoms with E-state index in [2.05, 4.69) is 5.32 Å². The monoisotopic (exact) mass is 340 g/mol. The van der Waals surface area contributed by atoms with E-state index < -0.39 is 22.7 Å². The second-order valence-electron chi connectivity index (χ2n) is 7.17. The van der Waals surface area contributed by atoms with Crippen molar-refractivity contribution in [3.8, 4) is 0 Å². The average molecular weight is 340 g/mol. The summed E-state index contributed by atoms with van der Waals surface area (Å²) in [6.07, 6.45) is 1.37. The Labute approximate surface area is 145 Å². The zero-order chi connectivity index (χ0) is 17.8. The van der Waals surface area contributed by atoms with Crippen LogP contribution in [0.2, 0.25) is 0 Å². The van der Waals surface area contributed by atoms with Crippen molar-refractivity contribution in [2.45, 2.75) is 19.5 Å². The molecule has 0 aliphatic carbocycles. The molecule has 1 saturated heterocycles. The molecule has 1 N–H and O–H groups in total. The first-order valence-corrected chi connectivity index (χ1v) is 8.18. The van der Waals surface area contributed by atoms with Crippen LogP contribution >= 0.6 is 0 Å². The molecule has 3 nitrogen and oxygen atoms in total. The Morgan fingerprint density at radius 3 is 2.48 bits per heavy atom. The minimum atomic E-state index is -1.66. The Morgan fingerprint density at radius 2 is 1.72 bits per heavy atom. The number of hydrogen-bond acceptors (Lipinski definition) is 2. The Balaban J connectivity index is 2.02. The van der Waals surface area contributed by atoms with Gasteiger partial charge in [0.2, 0.25) is 5.91 Å². The third-order valence-electron chi connectivity index (χ3n) is 4.99. The van der Waals surface area contributed by atoms with Gasteiger partial charge in [-0.1, -0.05) is 36.4 Å². The van der Waals surface area contributed by atoms with Gasteiger partial charge in [0.25, 0.3) is 0 Å². The molecule has 5 heteroatoms. The molecule has 25 heavy (non-hydrogen) atoms. The van der Waals surface area contributed by atoms with Gasteiger partial charge >= 0.3 is 0 Å². The van der Waals surface area contributed by atoms with Gasteiger partial charge in [-0.3, -0.25) is 4.79 Å². The summed E-state index contributed by atoms with van der Waals surface area (Å²) >= 11 is 0. The topological polar surface area (TPSA) is 32.3 Å². The Kier molecular flexibility index (Phi) is 3.26. The number of hydrogen-bond donors (Lipinski definition) is 1. The molecule has 0 bridgehead atoms. The number of nitrogens with one attached hydrogen (secondary N) is 1. The van der Waals surface area contributed by atoms with Crippen LogP contribution in [0.1, 0.15) is 25.0 Å². The maximum atomic E-state index is 15.4. The minimum Gasteiger partial charge on any atom is -0.338 e. The van der Waals surface area contributed by atoms with Gasteiger partial charge in [-0.05, 0) is 32.1 Å². The van der Waals surface area contributed by atoms with Crippen molar-refractivity contribution in [3.63, 3.8) is 0 Å². The van der Waals surface area contributed by atoms with Crippen LogP contribution in [-0.4, -0.2) is 12.5 Å². The van der Waals surface area contributed by atoms with E-state index in [0.717, 1.165) is 5.69 Å². The van der Waals surface area contributed by atoms with E-state index in [4.69, 9.17) is 0 Å². The summed E-state index contributed by atoms with van der Waals surface area (Å²) in [7, 11) is 0. The van der Waals surface area contributed by atoms with E-state index in [1.807, 2.05) is 24.3 Å². The summed E-state index contributed by atoms with van der Waals surface area (Å²) in [5.41, 5.74) is -0.826. The summed E-state index contributed by atoms with van der Waals surface area (Å²) in [5.74, 6) is -1.47. The molecule has 1 fully saturated rings. The molecule has 1 atom stereocenters. The standard InChI is InChI=1S/C20H18F2N2O/c1-19(2)12-24-16-10-6-3-7-13(16)11-17(22)20(24,23-18(19)25)14-8-4-5-9-15(14)21/h3-11H,12H2,1-2H3,(H,23,25). The number of nitrogens with zero attached hydrogens (tertiary/aromatic N) is 1.